The molecule has 0 aliphatic carbocycles. The maximum Gasteiger partial charge on any atom is 0.356 e. The summed E-state index contributed by atoms with van der Waals surface area (Å²) in [5.74, 6) is -0.614. The number of nitrogens with zero attached hydrogens (tertiary/aromatic N) is 1. The van der Waals surface area contributed by atoms with Gasteiger partial charge in [0, 0.05) is 23.2 Å². The fourth-order valence-electron chi connectivity index (χ4n) is 2.46. The minimum Gasteiger partial charge on any atom is -0.461 e. The van der Waals surface area contributed by atoms with Gasteiger partial charge in [0.25, 0.3) is 0 Å². The molecule has 0 fully saturated rings. The molecule has 22 heavy (non-hydrogen) atoms. The summed E-state index contributed by atoms with van der Waals surface area (Å²) < 4.78 is 4.98. The predicted molar refractivity (Wildman–Crippen MR) is 83.9 cm³/mol. The summed E-state index contributed by atoms with van der Waals surface area (Å²) in [4.78, 5) is 30.6. The molecule has 1 amide bonds. The number of hydrogen-bond acceptors (Lipinski definition) is 4. The van der Waals surface area contributed by atoms with Crippen molar-refractivity contribution in [3.8, 4) is 0 Å². The molecule has 112 valence electrons. The second kappa shape index (κ2) is 5.48. The number of fused-ring (bicyclic) bond motifs is 3. The number of carbonyl (C=O) groups is 2. The number of aromatic amines is 1. The van der Waals surface area contributed by atoms with E-state index in [-0.39, 0.29) is 11.6 Å². The van der Waals surface area contributed by atoms with Crippen molar-refractivity contribution in [2.45, 2.75) is 13.8 Å². The zero-order valence-electron chi connectivity index (χ0n) is 12.3. The van der Waals surface area contributed by atoms with E-state index in [0.29, 0.717) is 12.3 Å². The molecule has 0 bridgehead atoms. The molecule has 6 heteroatoms. The molecule has 0 unspecified atom stereocenters. The van der Waals surface area contributed by atoms with Crippen molar-refractivity contribution in [1.82, 2.24) is 9.97 Å². The summed E-state index contributed by atoms with van der Waals surface area (Å²) >= 11 is 0. The maximum absolute atomic E-state index is 11.8. The Bertz CT molecular complexity index is 883. The van der Waals surface area contributed by atoms with Gasteiger partial charge in [0.05, 0.1) is 24.0 Å². The Balaban J connectivity index is 2.23. The van der Waals surface area contributed by atoms with E-state index in [4.69, 9.17) is 4.74 Å². The predicted octanol–water partition coefficient (Wildman–Crippen LogP) is 2.85. The largest absolute Gasteiger partial charge is 0.461 e. The number of esters is 1. The first-order valence-corrected chi connectivity index (χ1v) is 6.95. The first-order chi connectivity index (χ1) is 10.6. The first-order valence-electron chi connectivity index (χ1n) is 6.95. The van der Waals surface area contributed by atoms with Crippen molar-refractivity contribution < 1.29 is 14.3 Å². The highest BCUT2D eigenvalue weighted by Crippen LogP contribution is 2.31. The lowest BCUT2D eigenvalue weighted by Crippen LogP contribution is -2.07. The van der Waals surface area contributed by atoms with Gasteiger partial charge in [0.1, 0.15) is 5.69 Å². The van der Waals surface area contributed by atoms with Gasteiger partial charge in [0.15, 0.2) is 0 Å². The number of benzene rings is 1. The smallest absolute Gasteiger partial charge is 0.356 e. The third-order valence-corrected chi connectivity index (χ3v) is 3.30. The molecule has 0 spiro atoms. The zero-order valence-corrected chi connectivity index (χ0v) is 12.3. The molecule has 0 saturated carbocycles. The van der Waals surface area contributed by atoms with Crippen LogP contribution >= 0.6 is 0 Å². The SMILES string of the molecule is CCOC(=O)c1cc2c(cn1)[nH]c1cccc(NC(C)=O)c12. The molecule has 3 rings (SSSR count). The molecule has 3 aromatic rings. The summed E-state index contributed by atoms with van der Waals surface area (Å²) in [5.41, 5.74) is 2.59. The summed E-state index contributed by atoms with van der Waals surface area (Å²) in [6.45, 7) is 3.50. The fourth-order valence-corrected chi connectivity index (χ4v) is 2.46. The van der Waals surface area contributed by atoms with E-state index < -0.39 is 5.97 Å². The molecule has 0 radical (unpaired) electrons. The number of ether oxygens (including phenoxy) is 1. The Morgan fingerprint density at radius 3 is 2.86 bits per heavy atom. The van der Waals surface area contributed by atoms with Crippen molar-refractivity contribution in [2.75, 3.05) is 11.9 Å². The molecule has 6 nitrogen and oxygen atoms in total. The highest BCUT2D eigenvalue weighted by Gasteiger charge is 2.14. The lowest BCUT2D eigenvalue weighted by molar-refractivity contribution is -0.114. The van der Waals surface area contributed by atoms with Crippen molar-refractivity contribution in [3.05, 3.63) is 36.2 Å². The van der Waals surface area contributed by atoms with Gasteiger partial charge in [-0.15, -0.1) is 0 Å². The van der Waals surface area contributed by atoms with Crippen LogP contribution in [0.2, 0.25) is 0 Å². The zero-order chi connectivity index (χ0) is 15.7. The van der Waals surface area contributed by atoms with Gasteiger partial charge in [-0.05, 0) is 25.1 Å². The normalized spacial score (nSPS) is 10.8. The van der Waals surface area contributed by atoms with E-state index in [1.807, 2.05) is 18.2 Å². The highest BCUT2D eigenvalue weighted by molar-refractivity contribution is 6.16. The van der Waals surface area contributed by atoms with Crippen molar-refractivity contribution in [1.29, 1.82) is 0 Å². The number of anilines is 1. The summed E-state index contributed by atoms with van der Waals surface area (Å²) in [6, 6.07) is 7.26. The number of carbonyl (C=O) groups excluding carboxylic acids is 2. The minimum atomic E-state index is -0.462. The van der Waals surface area contributed by atoms with Crippen LogP contribution in [0.15, 0.2) is 30.5 Å². The number of H-pyrrole nitrogens is 1. The van der Waals surface area contributed by atoms with Crippen LogP contribution in [0.25, 0.3) is 21.8 Å². The Hall–Kier alpha value is -2.89. The fraction of sp³-hybridized carbons (Fsp3) is 0.188. The molecule has 0 aliphatic rings. The summed E-state index contributed by atoms with van der Waals surface area (Å²) in [7, 11) is 0. The Morgan fingerprint density at radius 1 is 1.32 bits per heavy atom. The van der Waals surface area contributed by atoms with Crippen LogP contribution in [0, 0.1) is 0 Å². The monoisotopic (exact) mass is 297 g/mol. The molecule has 1 aromatic carbocycles. The van der Waals surface area contributed by atoms with E-state index in [1.54, 1.807) is 19.2 Å². The van der Waals surface area contributed by atoms with Crippen LogP contribution in [0.5, 0.6) is 0 Å². The van der Waals surface area contributed by atoms with E-state index in [2.05, 4.69) is 15.3 Å². The van der Waals surface area contributed by atoms with Gasteiger partial charge in [-0.25, -0.2) is 9.78 Å². The lowest BCUT2D eigenvalue weighted by atomic mass is 10.1. The van der Waals surface area contributed by atoms with Gasteiger partial charge in [-0.2, -0.15) is 0 Å². The molecule has 0 atom stereocenters. The topological polar surface area (TPSA) is 84.1 Å². The van der Waals surface area contributed by atoms with Crippen molar-refractivity contribution in [2.24, 2.45) is 0 Å². The lowest BCUT2D eigenvalue weighted by Gasteiger charge is -2.05. The van der Waals surface area contributed by atoms with Crippen LogP contribution in [0.4, 0.5) is 5.69 Å². The third kappa shape index (κ3) is 2.39. The number of rotatable bonds is 3. The molecule has 2 heterocycles. The third-order valence-electron chi connectivity index (χ3n) is 3.30. The van der Waals surface area contributed by atoms with Gasteiger partial charge >= 0.3 is 5.97 Å². The Morgan fingerprint density at radius 2 is 2.14 bits per heavy atom. The molecular formula is C16H15N3O3. The number of aromatic nitrogens is 2. The molecule has 2 aromatic heterocycles. The van der Waals surface area contributed by atoms with Gasteiger partial charge in [-0.3, -0.25) is 4.79 Å². The van der Waals surface area contributed by atoms with E-state index in [9.17, 15) is 9.59 Å². The average Bonchev–Trinajstić information content (AvgIpc) is 2.85. The second-order valence-electron chi connectivity index (χ2n) is 4.87. The Labute approximate surface area is 126 Å². The van der Waals surface area contributed by atoms with E-state index in [0.717, 1.165) is 21.8 Å². The number of pyridine rings is 1. The maximum atomic E-state index is 11.8. The summed E-state index contributed by atoms with van der Waals surface area (Å²) in [5, 5.41) is 4.47. The molecule has 0 aliphatic heterocycles. The minimum absolute atomic E-state index is 0.151. The van der Waals surface area contributed by atoms with Crippen LogP contribution in [-0.4, -0.2) is 28.5 Å². The van der Waals surface area contributed by atoms with Crippen LogP contribution in [0.1, 0.15) is 24.3 Å². The second-order valence-corrected chi connectivity index (χ2v) is 4.87. The average molecular weight is 297 g/mol. The standard InChI is InChI=1S/C16H15N3O3/c1-3-22-16(21)13-7-10-14(8-17-13)19-12-6-4-5-11(15(10)12)18-9(2)20/h4-8,19H,3H2,1-2H3,(H,18,20). The molecular weight excluding hydrogens is 282 g/mol. The molecule has 0 saturated heterocycles. The van der Waals surface area contributed by atoms with Crippen LogP contribution in [0.3, 0.4) is 0 Å². The highest BCUT2D eigenvalue weighted by atomic mass is 16.5. The Kier molecular flexibility index (Phi) is 3.50. The van der Waals surface area contributed by atoms with E-state index in [1.165, 1.54) is 6.92 Å². The van der Waals surface area contributed by atoms with Gasteiger partial charge in [0.2, 0.25) is 5.91 Å². The number of amides is 1. The van der Waals surface area contributed by atoms with Crippen LogP contribution in [-0.2, 0) is 9.53 Å². The van der Waals surface area contributed by atoms with E-state index >= 15 is 0 Å². The van der Waals surface area contributed by atoms with Crippen molar-refractivity contribution in [3.63, 3.8) is 0 Å². The number of nitrogens with one attached hydrogen (secondary N) is 2. The van der Waals surface area contributed by atoms with Crippen LogP contribution < -0.4 is 5.32 Å². The number of hydrogen-bond donors (Lipinski definition) is 2. The van der Waals surface area contributed by atoms with Gasteiger partial charge < -0.3 is 15.0 Å². The summed E-state index contributed by atoms with van der Waals surface area (Å²) in [6.07, 6.45) is 1.60. The first kappa shape index (κ1) is 14.1. The molecule has 2 N–H and O–H groups in total. The van der Waals surface area contributed by atoms with Crippen molar-refractivity contribution >= 4 is 39.4 Å². The quantitative estimate of drug-likeness (QED) is 0.728. The van der Waals surface area contributed by atoms with Gasteiger partial charge in [-0.1, -0.05) is 6.07 Å².